The van der Waals surface area contributed by atoms with Gasteiger partial charge in [0.15, 0.2) is 0 Å². The van der Waals surface area contributed by atoms with Crippen molar-refractivity contribution in [2.75, 3.05) is 26.4 Å². The zero-order chi connectivity index (χ0) is 5.82. The van der Waals surface area contributed by atoms with Crippen LogP contribution in [0.5, 0.6) is 0 Å². The molecule has 8 heavy (non-hydrogen) atoms. The van der Waals surface area contributed by atoms with Crippen molar-refractivity contribution in [1.82, 2.24) is 5.32 Å². The number of halogens is 1. The largest absolute Gasteiger partial charge is 0.373 e. The molecular weight excluding hydrogens is 109 g/mol. The van der Waals surface area contributed by atoms with E-state index in [0.29, 0.717) is 13.2 Å². The number of ether oxygens (including phenoxy) is 1. The van der Waals surface area contributed by atoms with E-state index in [2.05, 4.69) is 5.32 Å². The van der Waals surface area contributed by atoms with Gasteiger partial charge in [0.25, 0.3) is 0 Å². The van der Waals surface area contributed by atoms with Gasteiger partial charge in [-0.2, -0.15) is 0 Å². The van der Waals surface area contributed by atoms with Crippen LogP contribution in [0.15, 0.2) is 0 Å². The van der Waals surface area contributed by atoms with Gasteiger partial charge in [-0.05, 0) is 0 Å². The third-order valence-electron chi connectivity index (χ3n) is 1.18. The van der Waals surface area contributed by atoms with Gasteiger partial charge < -0.3 is 10.1 Å². The van der Waals surface area contributed by atoms with Gasteiger partial charge in [0, 0.05) is 13.1 Å². The summed E-state index contributed by atoms with van der Waals surface area (Å²) in [6, 6.07) is 0. The average molecular weight is 119 g/mol. The van der Waals surface area contributed by atoms with Gasteiger partial charge in [-0.3, -0.25) is 0 Å². The predicted octanol–water partition coefficient (Wildman–Crippen LogP) is -0.0557. The second kappa shape index (κ2) is 2.99. The summed E-state index contributed by atoms with van der Waals surface area (Å²) < 4.78 is 16.7. The molecule has 1 fully saturated rings. The first-order valence-corrected chi connectivity index (χ1v) is 2.82. The van der Waals surface area contributed by atoms with Gasteiger partial charge >= 0.3 is 0 Å². The summed E-state index contributed by atoms with van der Waals surface area (Å²) in [5, 5.41) is 3.02. The Bertz CT molecular complexity index is 63.4. The zero-order valence-electron chi connectivity index (χ0n) is 4.69. The molecule has 3 heteroatoms. The molecule has 1 rings (SSSR count). The van der Waals surface area contributed by atoms with Crippen LogP contribution in [0.4, 0.5) is 4.39 Å². The van der Waals surface area contributed by atoms with E-state index in [0.717, 1.165) is 6.54 Å². The lowest BCUT2D eigenvalue weighted by molar-refractivity contribution is 0.0137. The molecule has 0 aromatic heterocycles. The Morgan fingerprint density at radius 2 is 2.62 bits per heavy atom. The van der Waals surface area contributed by atoms with Crippen molar-refractivity contribution in [3.8, 4) is 0 Å². The van der Waals surface area contributed by atoms with E-state index in [1.807, 2.05) is 0 Å². The Kier molecular flexibility index (Phi) is 2.24. The number of rotatable bonds is 1. The molecule has 1 atom stereocenters. The van der Waals surface area contributed by atoms with E-state index in [1.165, 1.54) is 0 Å². The summed E-state index contributed by atoms with van der Waals surface area (Å²) in [6.07, 6.45) is -0.191. The minimum atomic E-state index is -0.368. The molecule has 0 amide bonds. The topological polar surface area (TPSA) is 21.3 Å². The van der Waals surface area contributed by atoms with Crippen LogP contribution in [-0.4, -0.2) is 32.5 Å². The van der Waals surface area contributed by atoms with Crippen molar-refractivity contribution in [2.24, 2.45) is 0 Å². The van der Waals surface area contributed by atoms with E-state index in [-0.39, 0.29) is 12.8 Å². The van der Waals surface area contributed by atoms with Gasteiger partial charge in [-0.1, -0.05) is 0 Å². The Morgan fingerprint density at radius 3 is 3.00 bits per heavy atom. The first kappa shape index (κ1) is 5.98. The Balaban J connectivity index is 2.13. The monoisotopic (exact) mass is 119 g/mol. The highest BCUT2D eigenvalue weighted by molar-refractivity contribution is 4.64. The Hall–Kier alpha value is -0.150. The van der Waals surface area contributed by atoms with Crippen molar-refractivity contribution in [2.45, 2.75) is 6.10 Å². The second-order valence-corrected chi connectivity index (χ2v) is 1.85. The number of alkyl halides is 1. The molecule has 1 saturated heterocycles. The SMILES string of the molecule is FC[C@@H]1CNCCO1. The van der Waals surface area contributed by atoms with Crippen LogP contribution in [0.3, 0.4) is 0 Å². The number of nitrogens with one attached hydrogen (secondary N) is 1. The van der Waals surface area contributed by atoms with Crippen LogP contribution in [0, 0.1) is 0 Å². The maximum Gasteiger partial charge on any atom is 0.117 e. The molecule has 1 aliphatic rings. The normalized spacial score (nSPS) is 30.4. The van der Waals surface area contributed by atoms with Crippen LogP contribution in [0.2, 0.25) is 0 Å². The highest BCUT2D eigenvalue weighted by atomic mass is 19.1. The standard InChI is InChI=1S/C5H10FNO/c6-3-5-4-7-1-2-8-5/h5,7H,1-4H2/t5-/m1/s1. The van der Waals surface area contributed by atoms with E-state index in [9.17, 15) is 4.39 Å². The summed E-state index contributed by atoms with van der Waals surface area (Å²) in [4.78, 5) is 0. The summed E-state index contributed by atoms with van der Waals surface area (Å²) in [5.74, 6) is 0. The molecule has 0 radical (unpaired) electrons. The molecule has 1 N–H and O–H groups in total. The summed E-state index contributed by atoms with van der Waals surface area (Å²) >= 11 is 0. The third kappa shape index (κ3) is 1.42. The minimum Gasteiger partial charge on any atom is -0.373 e. The first-order valence-electron chi connectivity index (χ1n) is 2.82. The molecule has 1 aliphatic heterocycles. The fourth-order valence-electron chi connectivity index (χ4n) is 0.719. The van der Waals surface area contributed by atoms with Gasteiger partial charge in [0.1, 0.15) is 6.67 Å². The minimum absolute atomic E-state index is 0.191. The average Bonchev–Trinajstić information content (AvgIpc) is 1.90. The van der Waals surface area contributed by atoms with Crippen LogP contribution in [0.25, 0.3) is 0 Å². The lowest BCUT2D eigenvalue weighted by Gasteiger charge is -2.20. The zero-order valence-corrected chi connectivity index (χ0v) is 4.69. The van der Waals surface area contributed by atoms with Crippen LogP contribution in [-0.2, 0) is 4.74 Å². The van der Waals surface area contributed by atoms with Gasteiger partial charge in [0.2, 0.25) is 0 Å². The highest BCUT2D eigenvalue weighted by Gasteiger charge is 2.11. The van der Waals surface area contributed by atoms with E-state index < -0.39 is 0 Å². The molecule has 0 aromatic carbocycles. The molecule has 0 spiro atoms. The first-order chi connectivity index (χ1) is 3.93. The number of morpholine rings is 1. The lowest BCUT2D eigenvalue weighted by Crippen LogP contribution is -2.39. The van der Waals surface area contributed by atoms with Crippen molar-refractivity contribution in [3.63, 3.8) is 0 Å². The van der Waals surface area contributed by atoms with Crippen LogP contribution in [0.1, 0.15) is 0 Å². The summed E-state index contributed by atoms with van der Waals surface area (Å²) in [5.41, 5.74) is 0. The Morgan fingerprint density at radius 1 is 1.75 bits per heavy atom. The van der Waals surface area contributed by atoms with E-state index >= 15 is 0 Å². The van der Waals surface area contributed by atoms with Crippen molar-refractivity contribution in [1.29, 1.82) is 0 Å². The highest BCUT2D eigenvalue weighted by Crippen LogP contribution is 1.94. The Labute approximate surface area is 48.0 Å². The third-order valence-corrected chi connectivity index (χ3v) is 1.18. The fourth-order valence-corrected chi connectivity index (χ4v) is 0.719. The smallest absolute Gasteiger partial charge is 0.117 e. The molecule has 1 heterocycles. The van der Waals surface area contributed by atoms with Gasteiger partial charge in [-0.15, -0.1) is 0 Å². The van der Waals surface area contributed by atoms with Gasteiger partial charge in [-0.25, -0.2) is 4.39 Å². The lowest BCUT2D eigenvalue weighted by atomic mass is 10.3. The molecule has 0 aliphatic carbocycles. The molecule has 0 bridgehead atoms. The number of hydrogen-bond acceptors (Lipinski definition) is 2. The van der Waals surface area contributed by atoms with E-state index in [1.54, 1.807) is 0 Å². The second-order valence-electron chi connectivity index (χ2n) is 1.85. The van der Waals surface area contributed by atoms with Crippen molar-refractivity contribution in [3.05, 3.63) is 0 Å². The van der Waals surface area contributed by atoms with Crippen molar-refractivity contribution >= 4 is 0 Å². The molecule has 0 unspecified atom stereocenters. The molecule has 48 valence electrons. The maximum atomic E-state index is 11.7. The molecule has 0 aromatic rings. The quantitative estimate of drug-likeness (QED) is 0.522. The molecule has 2 nitrogen and oxygen atoms in total. The van der Waals surface area contributed by atoms with E-state index in [4.69, 9.17) is 4.74 Å². The predicted molar refractivity (Wildman–Crippen MR) is 28.6 cm³/mol. The van der Waals surface area contributed by atoms with Gasteiger partial charge in [0.05, 0.1) is 12.7 Å². The number of hydrogen-bond donors (Lipinski definition) is 1. The summed E-state index contributed by atoms with van der Waals surface area (Å²) in [6.45, 7) is 1.80. The molecular formula is C5H10FNO. The fraction of sp³-hybridized carbons (Fsp3) is 1.00. The van der Waals surface area contributed by atoms with Crippen molar-refractivity contribution < 1.29 is 9.13 Å². The van der Waals surface area contributed by atoms with Crippen LogP contribution >= 0.6 is 0 Å². The summed E-state index contributed by atoms with van der Waals surface area (Å²) in [7, 11) is 0. The van der Waals surface area contributed by atoms with Crippen LogP contribution < -0.4 is 5.32 Å². The molecule has 0 saturated carbocycles. The maximum absolute atomic E-state index is 11.7.